The molecule has 1 aliphatic rings. The molecule has 3 heteroatoms. The fourth-order valence-electron chi connectivity index (χ4n) is 2.49. The SMILES string of the molecule is CCCCNC1(c2ccc(C)c(Cl)c2)CCC1.Cl. The Hall–Kier alpha value is -0.240. The third-order valence-electron chi connectivity index (χ3n) is 3.93. The van der Waals surface area contributed by atoms with E-state index >= 15 is 0 Å². The van der Waals surface area contributed by atoms with Gasteiger partial charge in [-0.3, -0.25) is 0 Å². The van der Waals surface area contributed by atoms with Crippen molar-refractivity contribution in [2.45, 2.75) is 51.5 Å². The van der Waals surface area contributed by atoms with Crippen LogP contribution in [-0.4, -0.2) is 6.54 Å². The maximum absolute atomic E-state index is 6.23. The third kappa shape index (κ3) is 3.20. The van der Waals surface area contributed by atoms with Crippen LogP contribution in [0.4, 0.5) is 0 Å². The second kappa shape index (κ2) is 6.79. The Morgan fingerprint density at radius 1 is 1.33 bits per heavy atom. The first kappa shape index (κ1) is 15.8. The van der Waals surface area contributed by atoms with Gasteiger partial charge < -0.3 is 5.32 Å². The summed E-state index contributed by atoms with van der Waals surface area (Å²) in [5.41, 5.74) is 2.75. The molecule has 0 saturated heterocycles. The number of benzene rings is 1. The topological polar surface area (TPSA) is 12.0 Å². The van der Waals surface area contributed by atoms with E-state index in [0.717, 1.165) is 11.6 Å². The molecular formula is C15H23Cl2N. The molecule has 0 aliphatic heterocycles. The van der Waals surface area contributed by atoms with E-state index in [4.69, 9.17) is 11.6 Å². The van der Waals surface area contributed by atoms with Crippen LogP contribution in [0.5, 0.6) is 0 Å². The van der Waals surface area contributed by atoms with Gasteiger partial charge in [0.25, 0.3) is 0 Å². The van der Waals surface area contributed by atoms with Gasteiger partial charge in [0.2, 0.25) is 0 Å². The highest BCUT2D eigenvalue weighted by atomic mass is 35.5. The minimum atomic E-state index is 0. The average Bonchev–Trinajstić information content (AvgIpc) is 2.26. The summed E-state index contributed by atoms with van der Waals surface area (Å²) in [6.07, 6.45) is 6.32. The first-order chi connectivity index (χ1) is 8.18. The van der Waals surface area contributed by atoms with Crippen molar-refractivity contribution in [1.82, 2.24) is 5.32 Å². The summed E-state index contributed by atoms with van der Waals surface area (Å²) in [5, 5.41) is 4.63. The fraction of sp³-hybridized carbons (Fsp3) is 0.600. The number of hydrogen-bond donors (Lipinski definition) is 1. The standard InChI is InChI=1S/C15H22ClN.ClH/c1-3-4-10-17-15(8-5-9-15)13-7-6-12(2)14(16)11-13;/h6-7,11,17H,3-5,8-10H2,1-2H3;1H. The lowest BCUT2D eigenvalue weighted by Gasteiger charge is -2.43. The fourth-order valence-corrected chi connectivity index (χ4v) is 2.67. The van der Waals surface area contributed by atoms with E-state index in [9.17, 15) is 0 Å². The highest BCUT2D eigenvalue weighted by molar-refractivity contribution is 6.31. The van der Waals surface area contributed by atoms with Crippen LogP contribution < -0.4 is 5.32 Å². The molecule has 18 heavy (non-hydrogen) atoms. The van der Waals surface area contributed by atoms with Crippen molar-refractivity contribution in [3.05, 3.63) is 34.3 Å². The molecule has 0 aromatic heterocycles. The van der Waals surface area contributed by atoms with Gasteiger partial charge in [-0.05, 0) is 56.3 Å². The van der Waals surface area contributed by atoms with E-state index < -0.39 is 0 Å². The van der Waals surface area contributed by atoms with Crippen molar-refractivity contribution in [3.8, 4) is 0 Å². The van der Waals surface area contributed by atoms with Gasteiger partial charge in [0, 0.05) is 10.6 Å². The molecule has 1 aromatic rings. The zero-order valence-electron chi connectivity index (χ0n) is 11.3. The minimum Gasteiger partial charge on any atom is -0.307 e. The van der Waals surface area contributed by atoms with E-state index in [1.807, 2.05) is 0 Å². The Kier molecular flexibility index (Phi) is 5.97. The summed E-state index contributed by atoms with van der Waals surface area (Å²) in [4.78, 5) is 0. The molecular weight excluding hydrogens is 265 g/mol. The first-order valence-electron chi connectivity index (χ1n) is 6.69. The van der Waals surface area contributed by atoms with Gasteiger partial charge in [-0.25, -0.2) is 0 Å². The van der Waals surface area contributed by atoms with Gasteiger partial charge in [-0.2, -0.15) is 0 Å². The van der Waals surface area contributed by atoms with E-state index in [0.29, 0.717) is 0 Å². The molecule has 1 aliphatic carbocycles. The predicted molar refractivity (Wildman–Crippen MR) is 81.9 cm³/mol. The first-order valence-corrected chi connectivity index (χ1v) is 7.07. The van der Waals surface area contributed by atoms with Crippen LogP contribution in [0.1, 0.15) is 50.2 Å². The van der Waals surface area contributed by atoms with Crippen LogP contribution in [-0.2, 0) is 5.54 Å². The number of unbranched alkanes of at least 4 members (excludes halogenated alkanes) is 1. The van der Waals surface area contributed by atoms with Crippen LogP contribution >= 0.6 is 24.0 Å². The number of hydrogen-bond acceptors (Lipinski definition) is 1. The zero-order valence-corrected chi connectivity index (χ0v) is 12.8. The minimum absolute atomic E-state index is 0. The third-order valence-corrected chi connectivity index (χ3v) is 4.33. The Morgan fingerprint density at radius 3 is 2.56 bits per heavy atom. The van der Waals surface area contributed by atoms with E-state index in [-0.39, 0.29) is 17.9 Å². The number of aryl methyl sites for hydroxylation is 1. The second-order valence-electron chi connectivity index (χ2n) is 5.18. The summed E-state index contributed by atoms with van der Waals surface area (Å²) in [7, 11) is 0. The summed E-state index contributed by atoms with van der Waals surface area (Å²) in [5.74, 6) is 0. The molecule has 1 fully saturated rings. The Balaban J connectivity index is 0.00000162. The van der Waals surface area contributed by atoms with Crippen LogP contribution in [0.15, 0.2) is 18.2 Å². The number of halogens is 2. The van der Waals surface area contributed by atoms with Crippen LogP contribution in [0.2, 0.25) is 5.02 Å². The Labute approximate surface area is 122 Å². The summed E-state index contributed by atoms with van der Waals surface area (Å²) in [6.45, 7) is 5.41. The molecule has 0 atom stereocenters. The van der Waals surface area contributed by atoms with Crippen molar-refractivity contribution in [3.63, 3.8) is 0 Å². The molecule has 0 unspecified atom stereocenters. The Morgan fingerprint density at radius 2 is 2.06 bits per heavy atom. The van der Waals surface area contributed by atoms with Gasteiger partial charge in [0.15, 0.2) is 0 Å². The molecule has 1 saturated carbocycles. The number of nitrogens with one attached hydrogen (secondary N) is 1. The van der Waals surface area contributed by atoms with Gasteiger partial charge in [0.1, 0.15) is 0 Å². The normalized spacial score (nSPS) is 16.8. The molecule has 1 N–H and O–H groups in total. The highest BCUT2D eigenvalue weighted by Crippen LogP contribution is 2.42. The molecule has 0 amide bonds. The largest absolute Gasteiger partial charge is 0.307 e. The lowest BCUT2D eigenvalue weighted by atomic mass is 9.71. The molecule has 0 heterocycles. The smallest absolute Gasteiger partial charge is 0.0438 e. The molecule has 2 rings (SSSR count). The zero-order chi connectivity index (χ0) is 12.3. The van der Waals surface area contributed by atoms with Gasteiger partial charge in [-0.15, -0.1) is 12.4 Å². The number of rotatable bonds is 5. The summed E-state index contributed by atoms with van der Waals surface area (Å²) < 4.78 is 0. The van der Waals surface area contributed by atoms with E-state index in [1.54, 1.807) is 0 Å². The monoisotopic (exact) mass is 287 g/mol. The summed E-state index contributed by atoms with van der Waals surface area (Å²) >= 11 is 6.23. The van der Waals surface area contributed by atoms with Crippen LogP contribution in [0.3, 0.4) is 0 Å². The van der Waals surface area contributed by atoms with Crippen molar-refractivity contribution < 1.29 is 0 Å². The molecule has 1 aromatic carbocycles. The van der Waals surface area contributed by atoms with Crippen molar-refractivity contribution in [1.29, 1.82) is 0 Å². The lowest BCUT2D eigenvalue weighted by Crippen LogP contribution is -2.48. The average molecular weight is 288 g/mol. The summed E-state index contributed by atoms with van der Waals surface area (Å²) in [6, 6.07) is 6.52. The molecule has 102 valence electrons. The second-order valence-corrected chi connectivity index (χ2v) is 5.59. The van der Waals surface area contributed by atoms with Gasteiger partial charge in [0.05, 0.1) is 0 Å². The van der Waals surface area contributed by atoms with Crippen LogP contribution in [0.25, 0.3) is 0 Å². The van der Waals surface area contributed by atoms with E-state index in [1.165, 1.54) is 43.2 Å². The van der Waals surface area contributed by atoms with Crippen molar-refractivity contribution in [2.75, 3.05) is 6.54 Å². The maximum Gasteiger partial charge on any atom is 0.0438 e. The van der Waals surface area contributed by atoms with Gasteiger partial charge in [-0.1, -0.05) is 37.1 Å². The molecule has 0 spiro atoms. The van der Waals surface area contributed by atoms with Crippen LogP contribution in [0, 0.1) is 6.92 Å². The van der Waals surface area contributed by atoms with Crippen molar-refractivity contribution >= 4 is 24.0 Å². The molecule has 0 radical (unpaired) electrons. The van der Waals surface area contributed by atoms with Crippen molar-refractivity contribution in [2.24, 2.45) is 0 Å². The predicted octanol–water partition coefficient (Wildman–Crippen LogP) is 4.84. The molecule has 0 bridgehead atoms. The van der Waals surface area contributed by atoms with Gasteiger partial charge >= 0.3 is 0 Å². The van der Waals surface area contributed by atoms with E-state index in [2.05, 4.69) is 37.4 Å². The lowest BCUT2D eigenvalue weighted by molar-refractivity contribution is 0.185. The molecule has 1 nitrogen and oxygen atoms in total. The maximum atomic E-state index is 6.23. The Bertz CT molecular complexity index is 386. The quantitative estimate of drug-likeness (QED) is 0.764. The highest BCUT2D eigenvalue weighted by Gasteiger charge is 2.37.